The standard InChI is InChI=1S/C39H52F6O/c1-2-27(28-18-19-28)14-11-8-12-24-46-33-25-30-21-23-32(39(44,45)34(30)38(43)37(33)42)31-22-20-29(35(40)36(31)41)15-10-7-5-3-4-6-9-13-26-16-17-26/h20,22,25-28,32H,2-19,21,23-24H2,1H3. The maximum atomic E-state index is 15.8. The van der Waals surface area contributed by atoms with Crippen molar-refractivity contribution in [3.8, 4) is 5.75 Å². The SMILES string of the molecule is CCC(CCCCCOc1cc2c(c(F)c1F)C(F)(F)C(c1ccc(CCCCCCCCCC3CC3)c(F)c1F)CC2)C1CC1. The van der Waals surface area contributed by atoms with Crippen LogP contribution in [-0.4, -0.2) is 6.61 Å². The number of rotatable bonds is 20. The van der Waals surface area contributed by atoms with E-state index in [4.69, 9.17) is 4.74 Å². The Labute approximate surface area is 271 Å². The Kier molecular flexibility index (Phi) is 12.4. The van der Waals surface area contributed by atoms with Gasteiger partial charge in [-0.2, -0.15) is 4.39 Å². The fraction of sp³-hybridized carbons (Fsp3) is 0.692. The molecule has 256 valence electrons. The first kappa shape index (κ1) is 35.1. The summed E-state index contributed by atoms with van der Waals surface area (Å²) in [6, 6.07) is 3.74. The zero-order valence-corrected chi connectivity index (χ0v) is 27.6. The molecule has 3 aliphatic rings. The topological polar surface area (TPSA) is 9.23 Å². The highest BCUT2D eigenvalue weighted by atomic mass is 19.3. The van der Waals surface area contributed by atoms with Crippen molar-refractivity contribution < 1.29 is 31.1 Å². The lowest BCUT2D eigenvalue weighted by molar-refractivity contribution is -0.0485. The second-order valence-corrected chi connectivity index (χ2v) is 14.4. The van der Waals surface area contributed by atoms with E-state index in [1.165, 1.54) is 69.9 Å². The quantitative estimate of drug-likeness (QED) is 0.102. The molecule has 2 aromatic rings. The minimum absolute atomic E-state index is 0.0217. The number of hydrogen-bond acceptors (Lipinski definition) is 1. The third-order valence-electron chi connectivity index (χ3n) is 10.8. The lowest BCUT2D eigenvalue weighted by Crippen LogP contribution is -2.32. The average Bonchev–Trinajstić information content (AvgIpc) is 3.96. The van der Waals surface area contributed by atoms with Crippen LogP contribution in [0, 0.1) is 41.0 Å². The monoisotopic (exact) mass is 650 g/mol. The van der Waals surface area contributed by atoms with Crippen LogP contribution in [0.1, 0.15) is 151 Å². The molecular weight excluding hydrogens is 598 g/mol. The van der Waals surface area contributed by atoms with Gasteiger partial charge >= 0.3 is 0 Å². The molecule has 5 rings (SSSR count). The molecule has 3 aliphatic carbocycles. The van der Waals surface area contributed by atoms with Gasteiger partial charge in [0, 0.05) is 5.56 Å². The average molecular weight is 651 g/mol. The molecule has 0 aromatic heterocycles. The first-order valence-electron chi connectivity index (χ1n) is 18.2. The van der Waals surface area contributed by atoms with Gasteiger partial charge in [0.2, 0.25) is 5.82 Å². The summed E-state index contributed by atoms with van der Waals surface area (Å²) in [5.74, 6) is -9.05. The molecule has 0 saturated heterocycles. The minimum Gasteiger partial charge on any atom is -0.490 e. The fourth-order valence-electron chi connectivity index (χ4n) is 7.64. The lowest BCUT2D eigenvalue weighted by atomic mass is 9.76. The van der Waals surface area contributed by atoms with Gasteiger partial charge in [-0.05, 0) is 79.9 Å². The van der Waals surface area contributed by atoms with Crippen molar-refractivity contribution in [1.82, 2.24) is 0 Å². The zero-order valence-electron chi connectivity index (χ0n) is 27.6. The molecule has 0 N–H and O–H groups in total. The summed E-state index contributed by atoms with van der Waals surface area (Å²) in [6.45, 7) is 2.39. The largest absolute Gasteiger partial charge is 0.490 e. The number of fused-ring (bicyclic) bond motifs is 1. The molecule has 0 amide bonds. The van der Waals surface area contributed by atoms with E-state index < -0.39 is 46.2 Å². The van der Waals surface area contributed by atoms with Gasteiger partial charge in [-0.1, -0.05) is 103 Å². The van der Waals surface area contributed by atoms with Crippen molar-refractivity contribution in [1.29, 1.82) is 0 Å². The first-order valence-corrected chi connectivity index (χ1v) is 18.2. The zero-order chi connectivity index (χ0) is 32.7. The number of benzene rings is 2. The van der Waals surface area contributed by atoms with Gasteiger partial charge in [0.25, 0.3) is 5.92 Å². The van der Waals surface area contributed by atoms with Crippen LogP contribution in [-0.2, 0) is 18.8 Å². The molecular formula is C39H52F6O. The number of hydrogen-bond donors (Lipinski definition) is 0. The summed E-state index contributed by atoms with van der Waals surface area (Å²) in [6.07, 6.45) is 19.3. The third-order valence-corrected chi connectivity index (χ3v) is 10.8. The van der Waals surface area contributed by atoms with Gasteiger partial charge in [-0.15, -0.1) is 0 Å². The number of alkyl halides is 2. The Morgan fingerprint density at radius 1 is 0.761 bits per heavy atom. The van der Waals surface area contributed by atoms with E-state index in [1.54, 1.807) is 0 Å². The molecule has 0 aliphatic heterocycles. The van der Waals surface area contributed by atoms with Crippen LogP contribution in [0.3, 0.4) is 0 Å². The van der Waals surface area contributed by atoms with E-state index in [2.05, 4.69) is 6.92 Å². The van der Waals surface area contributed by atoms with Gasteiger partial charge in [0.1, 0.15) is 0 Å². The van der Waals surface area contributed by atoms with Crippen molar-refractivity contribution in [3.05, 3.63) is 63.7 Å². The number of ether oxygens (including phenoxy) is 1. The lowest BCUT2D eigenvalue weighted by Gasteiger charge is -2.34. The summed E-state index contributed by atoms with van der Waals surface area (Å²) in [7, 11) is 0. The van der Waals surface area contributed by atoms with E-state index in [0.717, 1.165) is 62.3 Å². The highest BCUT2D eigenvalue weighted by Crippen LogP contribution is 2.52. The Morgan fingerprint density at radius 2 is 1.46 bits per heavy atom. The summed E-state index contributed by atoms with van der Waals surface area (Å²) < 4.78 is 97.6. The summed E-state index contributed by atoms with van der Waals surface area (Å²) in [5.41, 5.74) is -1.45. The van der Waals surface area contributed by atoms with Gasteiger partial charge in [0.15, 0.2) is 23.2 Å². The molecule has 2 atom stereocenters. The number of unbranched alkanes of at least 4 members (excludes halogenated alkanes) is 8. The van der Waals surface area contributed by atoms with E-state index in [1.807, 2.05) is 0 Å². The molecule has 2 unspecified atom stereocenters. The molecule has 1 nitrogen and oxygen atoms in total. The second-order valence-electron chi connectivity index (χ2n) is 14.4. The Morgan fingerprint density at radius 3 is 2.15 bits per heavy atom. The Hall–Kier alpha value is -2.18. The molecule has 2 saturated carbocycles. The van der Waals surface area contributed by atoms with E-state index in [0.29, 0.717) is 19.3 Å². The molecule has 46 heavy (non-hydrogen) atoms. The molecule has 2 fully saturated rings. The number of halogens is 6. The van der Waals surface area contributed by atoms with Crippen LogP contribution in [0.2, 0.25) is 0 Å². The Balaban J connectivity index is 1.13. The molecule has 0 bridgehead atoms. The molecule has 0 heterocycles. The maximum absolute atomic E-state index is 15.8. The van der Waals surface area contributed by atoms with Crippen LogP contribution in [0.25, 0.3) is 0 Å². The number of aryl methyl sites for hydroxylation is 2. The maximum Gasteiger partial charge on any atom is 0.283 e. The van der Waals surface area contributed by atoms with Crippen LogP contribution in [0.4, 0.5) is 26.3 Å². The van der Waals surface area contributed by atoms with E-state index in [-0.39, 0.29) is 36.3 Å². The van der Waals surface area contributed by atoms with Gasteiger partial charge in [-0.25, -0.2) is 22.0 Å². The normalized spacial score (nSPS) is 19.7. The van der Waals surface area contributed by atoms with Gasteiger partial charge in [-0.3, -0.25) is 0 Å². The Bertz CT molecular complexity index is 1280. The fourth-order valence-corrected chi connectivity index (χ4v) is 7.64. The van der Waals surface area contributed by atoms with E-state index in [9.17, 15) is 4.39 Å². The summed E-state index contributed by atoms with van der Waals surface area (Å²) >= 11 is 0. The summed E-state index contributed by atoms with van der Waals surface area (Å²) in [5, 5.41) is 0. The second kappa shape index (κ2) is 16.3. The summed E-state index contributed by atoms with van der Waals surface area (Å²) in [4.78, 5) is 0. The predicted molar refractivity (Wildman–Crippen MR) is 172 cm³/mol. The van der Waals surface area contributed by atoms with Gasteiger partial charge < -0.3 is 4.74 Å². The van der Waals surface area contributed by atoms with Crippen molar-refractivity contribution in [2.24, 2.45) is 17.8 Å². The van der Waals surface area contributed by atoms with Crippen molar-refractivity contribution in [3.63, 3.8) is 0 Å². The predicted octanol–water partition coefficient (Wildman–Crippen LogP) is 12.5. The minimum atomic E-state index is -3.91. The third kappa shape index (κ3) is 8.83. The molecule has 0 spiro atoms. The molecule has 7 heteroatoms. The smallest absolute Gasteiger partial charge is 0.283 e. The molecule has 0 radical (unpaired) electrons. The molecule has 2 aromatic carbocycles. The van der Waals surface area contributed by atoms with Crippen molar-refractivity contribution in [2.45, 2.75) is 147 Å². The highest BCUT2D eigenvalue weighted by molar-refractivity contribution is 5.45. The van der Waals surface area contributed by atoms with Crippen LogP contribution < -0.4 is 4.74 Å². The van der Waals surface area contributed by atoms with Crippen LogP contribution in [0.15, 0.2) is 18.2 Å². The van der Waals surface area contributed by atoms with Gasteiger partial charge in [0.05, 0.1) is 18.1 Å². The van der Waals surface area contributed by atoms with Crippen molar-refractivity contribution in [2.75, 3.05) is 6.61 Å². The van der Waals surface area contributed by atoms with E-state index >= 15 is 22.0 Å². The highest BCUT2D eigenvalue weighted by Gasteiger charge is 2.50. The van der Waals surface area contributed by atoms with Crippen LogP contribution in [0.5, 0.6) is 5.75 Å². The first-order chi connectivity index (χ1) is 22.2. The van der Waals surface area contributed by atoms with Crippen molar-refractivity contribution >= 4 is 0 Å². The van der Waals surface area contributed by atoms with Crippen LogP contribution >= 0.6 is 0 Å².